The number of benzene rings is 6. The van der Waals surface area contributed by atoms with E-state index in [4.69, 9.17) is 9.47 Å². The molecular formula is C50H39N3O3. The number of esters is 1. The summed E-state index contributed by atoms with van der Waals surface area (Å²) in [6.07, 6.45) is 10.9. The zero-order valence-electron chi connectivity index (χ0n) is 30.9. The molecule has 6 aromatic rings. The number of carbonyl (C=O) groups excluding carboxylic acids is 1. The number of carbonyl (C=O) groups is 1. The van der Waals surface area contributed by atoms with Crippen molar-refractivity contribution in [3.8, 4) is 6.07 Å². The molecule has 0 N–H and O–H groups in total. The van der Waals surface area contributed by atoms with E-state index in [1.165, 1.54) is 0 Å². The number of allylic oxidation sites excluding steroid dienone is 5. The van der Waals surface area contributed by atoms with Gasteiger partial charge < -0.3 is 19.3 Å². The Morgan fingerprint density at radius 1 is 0.536 bits per heavy atom. The summed E-state index contributed by atoms with van der Waals surface area (Å²) in [5, 5.41) is 9.98. The van der Waals surface area contributed by atoms with E-state index >= 15 is 0 Å². The molecule has 6 nitrogen and oxygen atoms in total. The molecule has 0 amide bonds. The van der Waals surface area contributed by atoms with Crippen LogP contribution in [0.1, 0.15) is 18.1 Å². The molecule has 0 unspecified atom stereocenters. The van der Waals surface area contributed by atoms with Crippen molar-refractivity contribution in [2.24, 2.45) is 0 Å². The molecule has 0 fully saturated rings. The van der Waals surface area contributed by atoms with E-state index < -0.39 is 5.97 Å². The summed E-state index contributed by atoms with van der Waals surface area (Å²) in [4.78, 5) is 17.2. The van der Waals surface area contributed by atoms with Gasteiger partial charge in [0.25, 0.3) is 0 Å². The van der Waals surface area contributed by atoms with Crippen LogP contribution < -0.4 is 9.80 Å². The number of ether oxygens (including phenoxy) is 2. The number of hydrogen-bond acceptors (Lipinski definition) is 6. The Labute approximate surface area is 328 Å². The van der Waals surface area contributed by atoms with Crippen LogP contribution in [0.4, 0.5) is 34.1 Å². The van der Waals surface area contributed by atoms with Gasteiger partial charge in [-0.05, 0) is 115 Å². The number of anilines is 6. The van der Waals surface area contributed by atoms with Gasteiger partial charge in [-0.3, -0.25) is 0 Å². The molecule has 272 valence electrons. The maximum Gasteiger partial charge on any atom is 0.349 e. The van der Waals surface area contributed by atoms with Crippen LogP contribution in [0.25, 0.3) is 12.2 Å². The topological polar surface area (TPSA) is 65.8 Å². The van der Waals surface area contributed by atoms with E-state index in [0.29, 0.717) is 17.1 Å². The maximum atomic E-state index is 12.8. The Bertz CT molecular complexity index is 2210. The molecule has 6 aromatic carbocycles. The van der Waals surface area contributed by atoms with Crippen molar-refractivity contribution >= 4 is 52.2 Å². The Morgan fingerprint density at radius 3 is 1.20 bits per heavy atom. The minimum Gasteiger partial charge on any atom is -0.462 e. The molecule has 1 heterocycles. The molecule has 0 atom stereocenters. The summed E-state index contributed by atoms with van der Waals surface area (Å²) in [5.41, 5.74) is 8.47. The van der Waals surface area contributed by atoms with Crippen LogP contribution in [0.15, 0.2) is 217 Å². The smallest absolute Gasteiger partial charge is 0.349 e. The van der Waals surface area contributed by atoms with Gasteiger partial charge in [-0.25, -0.2) is 4.79 Å². The largest absolute Gasteiger partial charge is 0.462 e. The van der Waals surface area contributed by atoms with Gasteiger partial charge >= 0.3 is 5.97 Å². The molecule has 0 aliphatic carbocycles. The Balaban J connectivity index is 1.14. The van der Waals surface area contributed by atoms with Gasteiger partial charge in [-0.2, -0.15) is 5.26 Å². The molecule has 56 heavy (non-hydrogen) atoms. The highest BCUT2D eigenvalue weighted by atomic mass is 16.5. The highest BCUT2D eigenvalue weighted by molar-refractivity contribution is 5.95. The van der Waals surface area contributed by atoms with E-state index in [2.05, 4.69) is 82.6 Å². The Morgan fingerprint density at radius 2 is 0.875 bits per heavy atom. The second-order valence-electron chi connectivity index (χ2n) is 12.7. The van der Waals surface area contributed by atoms with E-state index in [1.807, 2.05) is 127 Å². The van der Waals surface area contributed by atoms with Crippen molar-refractivity contribution in [3.63, 3.8) is 0 Å². The van der Waals surface area contributed by atoms with Crippen molar-refractivity contribution in [3.05, 3.63) is 228 Å². The monoisotopic (exact) mass is 729 g/mol. The third-order valence-electron chi connectivity index (χ3n) is 8.95. The molecule has 0 bridgehead atoms. The number of nitriles is 1. The fraction of sp³-hybridized carbons (Fsp3) is 0.0400. The summed E-state index contributed by atoms with van der Waals surface area (Å²) in [5.74, 6) is 0.255. The lowest BCUT2D eigenvalue weighted by molar-refractivity contribution is -0.138. The summed E-state index contributed by atoms with van der Waals surface area (Å²) in [6.45, 7) is 1.87. The van der Waals surface area contributed by atoms with Crippen LogP contribution in [0.5, 0.6) is 0 Å². The fourth-order valence-corrected chi connectivity index (χ4v) is 6.31. The molecular weight excluding hydrogens is 691 g/mol. The average Bonchev–Trinajstić information content (AvgIpc) is 3.25. The molecule has 1 aliphatic heterocycles. The summed E-state index contributed by atoms with van der Waals surface area (Å²) < 4.78 is 11.5. The predicted molar refractivity (Wildman–Crippen MR) is 227 cm³/mol. The quantitative estimate of drug-likeness (QED) is 0.0710. The SMILES string of the molecule is CCOC(=O)C(C#N)=C1C=C(/C=C/c2ccc(N(c3ccccc3)c3ccccc3)cc2)OC(/C=C/c2ccc(N(c3ccccc3)c3ccccc3)cc2)=C1. The van der Waals surface area contributed by atoms with Crippen molar-refractivity contribution < 1.29 is 14.3 Å². The lowest BCUT2D eigenvalue weighted by atomic mass is 10.0. The number of para-hydroxylation sites is 4. The normalized spacial score (nSPS) is 12.3. The van der Waals surface area contributed by atoms with Gasteiger partial charge in [0.05, 0.1) is 6.61 Å². The lowest BCUT2D eigenvalue weighted by Crippen LogP contribution is -2.10. The van der Waals surface area contributed by atoms with Crippen LogP contribution in [-0.4, -0.2) is 12.6 Å². The Kier molecular flexibility index (Phi) is 11.8. The molecule has 6 heteroatoms. The molecule has 0 aromatic heterocycles. The minimum atomic E-state index is -0.681. The summed E-state index contributed by atoms with van der Waals surface area (Å²) in [7, 11) is 0. The zero-order valence-corrected chi connectivity index (χ0v) is 30.9. The molecule has 7 rings (SSSR count). The summed E-state index contributed by atoms with van der Waals surface area (Å²) in [6, 6.07) is 59.5. The molecule has 0 saturated heterocycles. The number of hydrogen-bond donors (Lipinski definition) is 0. The predicted octanol–water partition coefficient (Wildman–Crippen LogP) is 12.5. The van der Waals surface area contributed by atoms with Crippen LogP contribution in [0.2, 0.25) is 0 Å². The third-order valence-corrected chi connectivity index (χ3v) is 8.95. The highest BCUT2D eigenvalue weighted by Gasteiger charge is 2.19. The standard InChI is InChI=1S/C50H39N3O3/c1-2-55-50(54)49(37-51)40-35-47(33-27-38-23-29-45(30-24-38)52(41-15-7-3-8-16-41)42-17-9-4-10-18-42)56-48(36-40)34-28-39-25-31-46(32-26-39)53(43-19-11-5-12-20-43)44-21-13-6-14-22-44/h3-36H,2H2,1H3/b33-27+,34-28+. The number of nitrogens with zero attached hydrogens (tertiary/aromatic N) is 3. The second-order valence-corrected chi connectivity index (χ2v) is 12.7. The van der Waals surface area contributed by atoms with E-state index in [1.54, 1.807) is 19.1 Å². The van der Waals surface area contributed by atoms with Crippen molar-refractivity contribution in [1.29, 1.82) is 5.26 Å². The van der Waals surface area contributed by atoms with Gasteiger partial charge in [-0.15, -0.1) is 0 Å². The first-order valence-electron chi connectivity index (χ1n) is 18.4. The zero-order chi connectivity index (χ0) is 38.5. The van der Waals surface area contributed by atoms with Gasteiger partial charge in [0.1, 0.15) is 23.2 Å². The van der Waals surface area contributed by atoms with Crippen LogP contribution >= 0.6 is 0 Å². The average molecular weight is 730 g/mol. The highest BCUT2D eigenvalue weighted by Crippen LogP contribution is 2.36. The van der Waals surface area contributed by atoms with Gasteiger partial charge in [0, 0.05) is 39.7 Å². The first-order valence-corrected chi connectivity index (χ1v) is 18.4. The van der Waals surface area contributed by atoms with E-state index in [-0.39, 0.29) is 12.2 Å². The number of rotatable bonds is 12. The van der Waals surface area contributed by atoms with Gasteiger partial charge in [0.2, 0.25) is 0 Å². The third kappa shape index (κ3) is 8.94. The minimum absolute atomic E-state index is 0.0931. The second kappa shape index (κ2) is 17.9. The first-order chi connectivity index (χ1) is 27.6. The van der Waals surface area contributed by atoms with Crippen LogP contribution in [0, 0.1) is 11.3 Å². The fourth-order valence-electron chi connectivity index (χ4n) is 6.31. The van der Waals surface area contributed by atoms with Gasteiger partial charge in [-0.1, -0.05) is 109 Å². The van der Waals surface area contributed by atoms with Crippen LogP contribution in [-0.2, 0) is 14.3 Å². The first kappa shape index (κ1) is 36.7. The molecule has 0 radical (unpaired) electrons. The van der Waals surface area contributed by atoms with Gasteiger partial charge in [0.15, 0.2) is 0 Å². The summed E-state index contributed by atoms with van der Waals surface area (Å²) >= 11 is 0. The molecule has 0 saturated carbocycles. The molecule has 0 spiro atoms. The van der Waals surface area contributed by atoms with Crippen LogP contribution in [0.3, 0.4) is 0 Å². The van der Waals surface area contributed by atoms with Crippen molar-refractivity contribution in [1.82, 2.24) is 0 Å². The van der Waals surface area contributed by atoms with Crippen molar-refractivity contribution in [2.45, 2.75) is 6.92 Å². The maximum absolute atomic E-state index is 12.8. The molecule has 1 aliphatic rings. The van der Waals surface area contributed by atoms with E-state index in [0.717, 1.165) is 45.3 Å². The van der Waals surface area contributed by atoms with E-state index in [9.17, 15) is 10.1 Å². The Hall–Kier alpha value is -7.62. The van der Waals surface area contributed by atoms with Crippen molar-refractivity contribution in [2.75, 3.05) is 16.4 Å². The lowest BCUT2D eigenvalue weighted by Gasteiger charge is -2.25.